The van der Waals surface area contributed by atoms with Gasteiger partial charge in [-0.3, -0.25) is 9.59 Å². The van der Waals surface area contributed by atoms with Gasteiger partial charge >= 0.3 is 0 Å². The molecule has 0 radical (unpaired) electrons. The van der Waals surface area contributed by atoms with Crippen LogP contribution in [0.15, 0.2) is 59.7 Å². The Bertz CT molecular complexity index is 697. The van der Waals surface area contributed by atoms with Gasteiger partial charge in [-0.1, -0.05) is 30.3 Å². The van der Waals surface area contributed by atoms with Crippen molar-refractivity contribution < 1.29 is 14.3 Å². The maximum atomic E-state index is 11.9. The number of hydrogen-bond acceptors (Lipinski definition) is 4. The lowest BCUT2D eigenvalue weighted by Gasteiger charge is -2.06. The first kappa shape index (κ1) is 17.2. The Labute approximate surface area is 140 Å². The molecule has 24 heavy (non-hydrogen) atoms. The van der Waals surface area contributed by atoms with Crippen molar-refractivity contribution in [2.45, 2.75) is 6.92 Å². The van der Waals surface area contributed by atoms with E-state index < -0.39 is 5.91 Å². The highest BCUT2D eigenvalue weighted by molar-refractivity contribution is 5.96. The molecule has 0 spiro atoms. The average Bonchev–Trinajstić information content (AvgIpc) is 2.61. The maximum Gasteiger partial charge on any atom is 0.259 e. The summed E-state index contributed by atoms with van der Waals surface area (Å²) in [5, 5.41) is 6.37. The SMILES string of the molecule is CCOc1ccc(C(=O)NCC(=O)N/N=C/c2ccccc2)cc1. The summed E-state index contributed by atoms with van der Waals surface area (Å²) >= 11 is 0. The second-order valence-corrected chi connectivity index (χ2v) is 4.84. The van der Waals surface area contributed by atoms with Crippen LogP contribution >= 0.6 is 0 Å². The molecule has 0 bridgehead atoms. The van der Waals surface area contributed by atoms with Crippen LogP contribution in [0.2, 0.25) is 0 Å². The smallest absolute Gasteiger partial charge is 0.259 e. The predicted molar refractivity (Wildman–Crippen MR) is 92.1 cm³/mol. The van der Waals surface area contributed by atoms with E-state index in [4.69, 9.17) is 4.74 Å². The van der Waals surface area contributed by atoms with Crippen molar-refractivity contribution in [1.29, 1.82) is 0 Å². The van der Waals surface area contributed by atoms with Gasteiger partial charge in [0.15, 0.2) is 0 Å². The first-order chi connectivity index (χ1) is 11.7. The van der Waals surface area contributed by atoms with Gasteiger partial charge in [0.2, 0.25) is 0 Å². The second kappa shape index (κ2) is 9.09. The number of nitrogens with zero attached hydrogens (tertiary/aromatic N) is 1. The third-order valence-electron chi connectivity index (χ3n) is 3.04. The number of amides is 2. The zero-order valence-electron chi connectivity index (χ0n) is 13.4. The lowest BCUT2D eigenvalue weighted by atomic mass is 10.2. The third kappa shape index (κ3) is 5.57. The molecule has 124 valence electrons. The van der Waals surface area contributed by atoms with Gasteiger partial charge < -0.3 is 10.1 Å². The normalized spacial score (nSPS) is 10.4. The van der Waals surface area contributed by atoms with E-state index in [1.807, 2.05) is 37.3 Å². The lowest BCUT2D eigenvalue weighted by Crippen LogP contribution is -2.34. The van der Waals surface area contributed by atoms with E-state index in [2.05, 4.69) is 15.8 Å². The van der Waals surface area contributed by atoms with Crippen LogP contribution in [0, 0.1) is 0 Å². The molecule has 0 aromatic heterocycles. The summed E-state index contributed by atoms with van der Waals surface area (Å²) in [6.07, 6.45) is 1.53. The maximum absolute atomic E-state index is 11.9. The highest BCUT2D eigenvalue weighted by atomic mass is 16.5. The van der Waals surface area contributed by atoms with Gasteiger partial charge in [-0.15, -0.1) is 0 Å². The summed E-state index contributed by atoms with van der Waals surface area (Å²) in [5.41, 5.74) is 3.69. The van der Waals surface area contributed by atoms with Gasteiger partial charge in [0.1, 0.15) is 5.75 Å². The van der Waals surface area contributed by atoms with Crippen molar-refractivity contribution in [1.82, 2.24) is 10.7 Å². The fourth-order valence-corrected chi connectivity index (χ4v) is 1.89. The van der Waals surface area contributed by atoms with Crippen molar-refractivity contribution in [2.75, 3.05) is 13.2 Å². The van der Waals surface area contributed by atoms with Crippen LogP contribution in [0.1, 0.15) is 22.8 Å². The Balaban J connectivity index is 1.76. The topological polar surface area (TPSA) is 79.8 Å². The van der Waals surface area contributed by atoms with Crippen LogP contribution in [-0.2, 0) is 4.79 Å². The van der Waals surface area contributed by atoms with Gasteiger partial charge in [0.25, 0.3) is 11.8 Å². The number of rotatable bonds is 7. The van der Waals surface area contributed by atoms with E-state index in [0.717, 1.165) is 5.56 Å². The summed E-state index contributed by atoms with van der Waals surface area (Å²) in [4.78, 5) is 23.6. The highest BCUT2D eigenvalue weighted by Gasteiger charge is 2.07. The monoisotopic (exact) mass is 325 g/mol. The van der Waals surface area contributed by atoms with Gasteiger partial charge in [-0.05, 0) is 36.8 Å². The Morgan fingerprint density at radius 1 is 1.08 bits per heavy atom. The largest absolute Gasteiger partial charge is 0.494 e. The van der Waals surface area contributed by atoms with Crippen LogP contribution < -0.4 is 15.5 Å². The average molecular weight is 325 g/mol. The van der Waals surface area contributed by atoms with E-state index in [1.165, 1.54) is 6.21 Å². The molecule has 2 rings (SSSR count). The Hall–Kier alpha value is -3.15. The molecule has 0 atom stereocenters. The quantitative estimate of drug-likeness (QED) is 0.603. The Kier molecular flexibility index (Phi) is 6.52. The molecule has 0 aliphatic heterocycles. The molecule has 0 heterocycles. The fourth-order valence-electron chi connectivity index (χ4n) is 1.89. The molecular weight excluding hydrogens is 306 g/mol. The first-order valence-electron chi connectivity index (χ1n) is 7.57. The minimum absolute atomic E-state index is 0.155. The molecule has 2 N–H and O–H groups in total. The van der Waals surface area contributed by atoms with Gasteiger partial charge in [-0.2, -0.15) is 5.10 Å². The highest BCUT2D eigenvalue weighted by Crippen LogP contribution is 2.11. The van der Waals surface area contributed by atoms with Crippen molar-refractivity contribution in [3.63, 3.8) is 0 Å². The number of hydrogen-bond donors (Lipinski definition) is 2. The molecule has 0 unspecified atom stereocenters. The van der Waals surface area contributed by atoms with Crippen molar-refractivity contribution in [3.8, 4) is 5.75 Å². The molecule has 0 aliphatic rings. The van der Waals surface area contributed by atoms with Gasteiger partial charge in [-0.25, -0.2) is 5.43 Å². The molecule has 2 aromatic rings. The minimum atomic E-state index is -0.401. The fraction of sp³-hybridized carbons (Fsp3) is 0.167. The zero-order chi connectivity index (χ0) is 17.2. The van der Waals surface area contributed by atoms with Crippen LogP contribution in [0.4, 0.5) is 0 Å². The second-order valence-electron chi connectivity index (χ2n) is 4.84. The summed E-state index contributed by atoms with van der Waals surface area (Å²) in [6.45, 7) is 2.30. The lowest BCUT2D eigenvalue weighted by molar-refractivity contribution is -0.120. The van der Waals surface area contributed by atoms with Crippen molar-refractivity contribution in [3.05, 3.63) is 65.7 Å². The first-order valence-corrected chi connectivity index (χ1v) is 7.57. The molecule has 6 heteroatoms. The van der Waals surface area contributed by atoms with E-state index in [-0.39, 0.29) is 12.5 Å². The summed E-state index contributed by atoms with van der Waals surface area (Å²) in [6, 6.07) is 16.1. The molecule has 0 saturated heterocycles. The summed E-state index contributed by atoms with van der Waals surface area (Å²) < 4.78 is 5.31. The van der Waals surface area contributed by atoms with Crippen LogP contribution in [0.3, 0.4) is 0 Å². The number of benzene rings is 2. The number of ether oxygens (including phenoxy) is 1. The van der Waals surface area contributed by atoms with E-state index in [1.54, 1.807) is 24.3 Å². The van der Waals surface area contributed by atoms with Crippen LogP contribution in [0.5, 0.6) is 5.75 Å². The minimum Gasteiger partial charge on any atom is -0.494 e. The van der Waals surface area contributed by atoms with Crippen LogP contribution in [0.25, 0.3) is 0 Å². The molecular formula is C18H19N3O3. The number of carbonyl (C=O) groups is 2. The standard InChI is InChI=1S/C18H19N3O3/c1-2-24-16-10-8-15(9-11-16)18(23)19-13-17(22)21-20-12-14-6-4-3-5-7-14/h3-12H,2,13H2,1H3,(H,19,23)(H,21,22)/b20-12+. The molecule has 2 aromatic carbocycles. The third-order valence-corrected chi connectivity index (χ3v) is 3.04. The summed E-state index contributed by atoms with van der Waals surface area (Å²) in [5.74, 6) is -0.0382. The molecule has 0 fully saturated rings. The Morgan fingerprint density at radius 3 is 2.46 bits per heavy atom. The van der Waals surface area contributed by atoms with Crippen molar-refractivity contribution >= 4 is 18.0 Å². The van der Waals surface area contributed by atoms with Crippen LogP contribution in [-0.4, -0.2) is 31.2 Å². The summed E-state index contributed by atoms with van der Waals surface area (Å²) in [7, 11) is 0. The predicted octanol–water partition coefficient (Wildman–Crippen LogP) is 1.97. The zero-order valence-corrected chi connectivity index (χ0v) is 13.4. The van der Waals surface area contributed by atoms with E-state index in [0.29, 0.717) is 17.9 Å². The number of hydrazone groups is 1. The van der Waals surface area contributed by atoms with Gasteiger partial charge in [0.05, 0.1) is 19.4 Å². The van der Waals surface area contributed by atoms with E-state index >= 15 is 0 Å². The Morgan fingerprint density at radius 2 is 1.79 bits per heavy atom. The molecule has 2 amide bonds. The van der Waals surface area contributed by atoms with Gasteiger partial charge in [0, 0.05) is 5.56 Å². The molecule has 6 nitrogen and oxygen atoms in total. The number of nitrogens with one attached hydrogen (secondary N) is 2. The van der Waals surface area contributed by atoms with Crippen molar-refractivity contribution in [2.24, 2.45) is 5.10 Å². The van der Waals surface area contributed by atoms with E-state index in [9.17, 15) is 9.59 Å². The molecule has 0 saturated carbocycles. The number of carbonyl (C=O) groups excluding carboxylic acids is 2. The molecule has 0 aliphatic carbocycles.